The molecule has 0 spiro atoms. The Morgan fingerprint density at radius 2 is 1.88 bits per heavy atom. The summed E-state index contributed by atoms with van der Waals surface area (Å²) in [5, 5.41) is 5.10. The highest BCUT2D eigenvalue weighted by Crippen LogP contribution is 2.16. The second-order valence-electron chi connectivity index (χ2n) is 5.74. The van der Waals surface area contributed by atoms with Crippen LogP contribution in [-0.4, -0.2) is 29.3 Å². The average molecular weight is 339 g/mol. The number of imide groups is 1. The highest BCUT2D eigenvalue weighted by Gasteiger charge is 2.35. The standard InChI is InChI=1S/C18H17N3O4/c1-11-3-6-13(7-4-11)19-16(22)10-21-17(23)15(20-18(21)24)9-14-8-5-12(2)25-14/h3-9H,10H2,1-2H3,(H,19,22)(H,20,24)/b15-9+. The highest BCUT2D eigenvalue weighted by atomic mass is 16.3. The lowest BCUT2D eigenvalue weighted by Crippen LogP contribution is -2.38. The first-order valence-corrected chi connectivity index (χ1v) is 7.70. The molecular formula is C18H17N3O4. The fourth-order valence-corrected chi connectivity index (χ4v) is 2.37. The monoisotopic (exact) mass is 339 g/mol. The Balaban J connectivity index is 1.67. The number of nitrogens with zero attached hydrogens (tertiary/aromatic N) is 1. The first kappa shape index (κ1) is 16.5. The summed E-state index contributed by atoms with van der Waals surface area (Å²) in [4.78, 5) is 37.2. The van der Waals surface area contributed by atoms with Crippen molar-refractivity contribution in [1.29, 1.82) is 0 Å². The molecule has 1 aromatic carbocycles. The molecule has 128 valence electrons. The number of anilines is 1. The van der Waals surface area contributed by atoms with Crippen LogP contribution in [0.2, 0.25) is 0 Å². The van der Waals surface area contributed by atoms with Crippen LogP contribution in [0.1, 0.15) is 17.1 Å². The predicted octanol–water partition coefficient (Wildman–Crippen LogP) is 2.43. The van der Waals surface area contributed by atoms with Gasteiger partial charge in [-0.25, -0.2) is 9.69 Å². The Labute approximate surface area is 144 Å². The summed E-state index contributed by atoms with van der Waals surface area (Å²) in [7, 11) is 0. The molecule has 0 bridgehead atoms. The van der Waals surface area contributed by atoms with Gasteiger partial charge in [-0.1, -0.05) is 17.7 Å². The van der Waals surface area contributed by atoms with Gasteiger partial charge < -0.3 is 15.1 Å². The predicted molar refractivity (Wildman–Crippen MR) is 91.5 cm³/mol. The molecule has 25 heavy (non-hydrogen) atoms. The molecule has 3 rings (SSSR count). The van der Waals surface area contributed by atoms with E-state index in [1.54, 1.807) is 31.2 Å². The Morgan fingerprint density at radius 3 is 2.52 bits per heavy atom. The van der Waals surface area contributed by atoms with Crippen LogP contribution in [0, 0.1) is 13.8 Å². The molecule has 2 aromatic rings. The average Bonchev–Trinajstić information content (AvgIpc) is 3.08. The van der Waals surface area contributed by atoms with E-state index in [4.69, 9.17) is 4.42 Å². The molecule has 0 unspecified atom stereocenters. The van der Waals surface area contributed by atoms with Crippen molar-refractivity contribution in [3.8, 4) is 0 Å². The van der Waals surface area contributed by atoms with Gasteiger partial charge >= 0.3 is 6.03 Å². The molecule has 2 N–H and O–H groups in total. The van der Waals surface area contributed by atoms with E-state index >= 15 is 0 Å². The first-order chi connectivity index (χ1) is 11.9. The highest BCUT2D eigenvalue weighted by molar-refractivity contribution is 6.15. The van der Waals surface area contributed by atoms with Crippen LogP contribution in [0.3, 0.4) is 0 Å². The quantitative estimate of drug-likeness (QED) is 0.661. The number of amides is 4. The number of carbonyl (C=O) groups is 3. The Hall–Kier alpha value is -3.35. The Kier molecular flexibility index (Phi) is 4.38. The van der Waals surface area contributed by atoms with Crippen LogP contribution in [0.15, 0.2) is 46.5 Å². The van der Waals surface area contributed by atoms with Crippen LogP contribution in [0.4, 0.5) is 10.5 Å². The van der Waals surface area contributed by atoms with E-state index in [9.17, 15) is 14.4 Å². The van der Waals surface area contributed by atoms with Gasteiger partial charge in [-0.3, -0.25) is 9.59 Å². The molecule has 1 fully saturated rings. The number of furan rings is 1. The zero-order valence-electron chi connectivity index (χ0n) is 13.8. The van der Waals surface area contributed by atoms with Crippen molar-refractivity contribution in [2.24, 2.45) is 0 Å². The second kappa shape index (κ2) is 6.64. The second-order valence-corrected chi connectivity index (χ2v) is 5.74. The normalized spacial score (nSPS) is 15.6. The lowest BCUT2D eigenvalue weighted by molar-refractivity contribution is -0.127. The van der Waals surface area contributed by atoms with Crippen LogP contribution in [0.5, 0.6) is 0 Å². The van der Waals surface area contributed by atoms with Gasteiger partial charge in [0.15, 0.2) is 0 Å². The lowest BCUT2D eigenvalue weighted by atomic mass is 10.2. The van der Waals surface area contributed by atoms with Gasteiger partial charge in [0.25, 0.3) is 5.91 Å². The van der Waals surface area contributed by atoms with Gasteiger partial charge in [-0.15, -0.1) is 0 Å². The molecule has 1 aliphatic rings. The van der Waals surface area contributed by atoms with E-state index in [1.165, 1.54) is 6.08 Å². The van der Waals surface area contributed by atoms with E-state index < -0.39 is 17.8 Å². The summed E-state index contributed by atoms with van der Waals surface area (Å²) in [6.07, 6.45) is 1.44. The van der Waals surface area contributed by atoms with Crippen molar-refractivity contribution in [1.82, 2.24) is 10.2 Å². The Bertz CT molecular complexity index is 865. The van der Waals surface area contributed by atoms with Crippen molar-refractivity contribution < 1.29 is 18.8 Å². The number of hydrogen-bond acceptors (Lipinski definition) is 4. The molecule has 0 aliphatic carbocycles. The van der Waals surface area contributed by atoms with Crippen molar-refractivity contribution in [3.05, 3.63) is 59.2 Å². The summed E-state index contributed by atoms with van der Waals surface area (Å²) in [5.41, 5.74) is 1.74. The zero-order chi connectivity index (χ0) is 18.0. The van der Waals surface area contributed by atoms with Crippen molar-refractivity contribution in [2.45, 2.75) is 13.8 Å². The molecule has 7 nitrogen and oxygen atoms in total. The maximum Gasteiger partial charge on any atom is 0.329 e. The minimum Gasteiger partial charge on any atom is -0.462 e. The minimum atomic E-state index is -0.640. The third-order valence-electron chi connectivity index (χ3n) is 3.65. The fraction of sp³-hybridized carbons (Fsp3) is 0.167. The van der Waals surface area contributed by atoms with Crippen LogP contribution >= 0.6 is 0 Å². The number of hydrogen-bond donors (Lipinski definition) is 2. The maximum atomic E-state index is 12.3. The topological polar surface area (TPSA) is 91.7 Å². The zero-order valence-corrected chi connectivity index (χ0v) is 13.8. The molecule has 4 amide bonds. The van der Waals surface area contributed by atoms with Crippen LogP contribution in [0.25, 0.3) is 6.08 Å². The molecule has 1 saturated heterocycles. The van der Waals surface area contributed by atoms with Crippen LogP contribution < -0.4 is 10.6 Å². The molecule has 0 atom stereocenters. The number of carbonyl (C=O) groups excluding carboxylic acids is 3. The van der Waals surface area contributed by atoms with E-state index in [-0.39, 0.29) is 12.2 Å². The molecule has 7 heteroatoms. The summed E-state index contributed by atoms with van der Waals surface area (Å²) >= 11 is 0. The molecule has 1 aromatic heterocycles. The largest absolute Gasteiger partial charge is 0.462 e. The SMILES string of the molecule is Cc1ccc(NC(=O)CN2C(=O)N/C(=C/c3ccc(C)o3)C2=O)cc1. The third kappa shape index (κ3) is 3.77. The number of urea groups is 1. The molecule has 2 heterocycles. The molecular weight excluding hydrogens is 322 g/mol. The fourth-order valence-electron chi connectivity index (χ4n) is 2.37. The molecule has 0 saturated carbocycles. The molecule has 0 radical (unpaired) electrons. The van der Waals surface area contributed by atoms with Gasteiger partial charge in [0.05, 0.1) is 0 Å². The van der Waals surface area contributed by atoms with E-state index in [0.29, 0.717) is 17.2 Å². The number of rotatable bonds is 4. The van der Waals surface area contributed by atoms with E-state index in [2.05, 4.69) is 10.6 Å². The van der Waals surface area contributed by atoms with Crippen LogP contribution in [-0.2, 0) is 9.59 Å². The first-order valence-electron chi connectivity index (χ1n) is 7.70. The van der Waals surface area contributed by atoms with Gasteiger partial charge in [0.2, 0.25) is 5.91 Å². The summed E-state index contributed by atoms with van der Waals surface area (Å²) in [6, 6.07) is 10.0. The smallest absolute Gasteiger partial charge is 0.329 e. The summed E-state index contributed by atoms with van der Waals surface area (Å²) in [6.45, 7) is 3.35. The van der Waals surface area contributed by atoms with Crippen molar-refractivity contribution in [2.75, 3.05) is 11.9 Å². The number of nitrogens with one attached hydrogen (secondary N) is 2. The minimum absolute atomic E-state index is 0.0717. The van der Waals surface area contributed by atoms with Gasteiger partial charge in [-0.05, 0) is 38.1 Å². The van der Waals surface area contributed by atoms with Crippen molar-refractivity contribution >= 4 is 29.6 Å². The molecule has 1 aliphatic heterocycles. The van der Waals surface area contributed by atoms with Gasteiger partial charge in [0.1, 0.15) is 23.8 Å². The lowest BCUT2D eigenvalue weighted by Gasteiger charge is -2.12. The summed E-state index contributed by atoms with van der Waals surface area (Å²) in [5.74, 6) is 0.116. The number of benzene rings is 1. The summed E-state index contributed by atoms with van der Waals surface area (Å²) < 4.78 is 5.36. The van der Waals surface area contributed by atoms with Crippen molar-refractivity contribution in [3.63, 3.8) is 0 Å². The number of aryl methyl sites for hydroxylation is 2. The maximum absolute atomic E-state index is 12.3. The van der Waals surface area contributed by atoms with E-state index in [1.807, 2.05) is 19.1 Å². The Morgan fingerprint density at radius 1 is 1.16 bits per heavy atom. The third-order valence-corrected chi connectivity index (χ3v) is 3.65. The van der Waals surface area contributed by atoms with Gasteiger partial charge in [-0.2, -0.15) is 0 Å². The van der Waals surface area contributed by atoms with E-state index in [0.717, 1.165) is 10.5 Å². The van der Waals surface area contributed by atoms with Gasteiger partial charge in [0, 0.05) is 11.8 Å².